The van der Waals surface area contributed by atoms with Crippen LogP contribution in [0.1, 0.15) is 17.6 Å². The van der Waals surface area contributed by atoms with Gasteiger partial charge in [-0.05, 0) is 31.2 Å². The van der Waals surface area contributed by atoms with Gasteiger partial charge >= 0.3 is 0 Å². The van der Waals surface area contributed by atoms with Crippen molar-refractivity contribution in [2.24, 2.45) is 5.73 Å². The summed E-state index contributed by atoms with van der Waals surface area (Å²) < 4.78 is 16.7. The first-order chi connectivity index (χ1) is 9.29. The van der Waals surface area contributed by atoms with Crippen molar-refractivity contribution in [2.75, 3.05) is 19.8 Å². The molecule has 4 heteroatoms. The van der Waals surface area contributed by atoms with Crippen LogP contribution in [0.15, 0.2) is 46.9 Å². The molecule has 19 heavy (non-hydrogen) atoms. The third kappa shape index (κ3) is 4.12. The molecule has 2 aromatic rings. The van der Waals surface area contributed by atoms with Gasteiger partial charge in [-0.2, -0.15) is 0 Å². The molecule has 1 heterocycles. The zero-order valence-electron chi connectivity index (χ0n) is 11.0. The minimum absolute atomic E-state index is 0.215. The van der Waals surface area contributed by atoms with Crippen molar-refractivity contribution in [1.29, 1.82) is 0 Å². The minimum Gasteiger partial charge on any atom is -0.491 e. The predicted octanol–water partition coefficient (Wildman–Crippen LogP) is 2.68. The van der Waals surface area contributed by atoms with E-state index in [-0.39, 0.29) is 6.10 Å². The number of rotatable bonds is 7. The summed E-state index contributed by atoms with van der Waals surface area (Å²) in [6.07, 6.45) is -0.215. The van der Waals surface area contributed by atoms with Gasteiger partial charge in [0.15, 0.2) is 0 Å². The normalized spacial score (nSPS) is 12.3. The summed E-state index contributed by atoms with van der Waals surface area (Å²) in [5.41, 5.74) is 5.68. The third-order valence-electron chi connectivity index (χ3n) is 2.71. The van der Waals surface area contributed by atoms with E-state index in [1.54, 1.807) is 0 Å². The van der Waals surface area contributed by atoms with Gasteiger partial charge in [0.1, 0.15) is 30.0 Å². The van der Waals surface area contributed by atoms with E-state index in [2.05, 4.69) is 0 Å². The van der Waals surface area contributed by atoms with E-state index >= 15 is 0 Å². The Morgan fingerprint density at radius 3 is 2.53 bits per heavy atom. The molecule has 0 fully saturated rings. The highest BCUT2D eigenvalue weighted by Crippen LogP contribution is 2.18. The van der Waals surface area contributed by atoms with Gasteiger partial charge in [0, 0.05) is 6.54 Å². The molecule has 0 aliphatic carbocycles. The average Bonchev–Trinajstić information content (AvgIpc) is 2.86. The number of aryl methyl sites for hydroxylation is 1. The van der Waals surface area contributed by atoms with E-state index in [4.69, 9.17) is 19.6 Å². The number of hydrogen-bond acceptors (Lipinski definition) is 4. The zero-order valence-corrected chi connectivity index (χ0v) is 11.0. The van der Waals surface area contributed by atoms with Crippen LogP contribution in [-0.4, -0.2) is 19.8 Å². The van der Waals surface area contributed by atoms with E-state index in [0.717, 1.165) is 17.3 Å². The molecule has 0 amide bonds. The zero-order chi connectivity index (χ0) is 13.5. The number of hydrogen-bond donors (Lipinski definition) is 1. The average molecular weight is 261 g/mol. The number of benzene rings is 1. The molecule has 1 aromatic carbocycles. The molecular formula is C15H19NO3. The summed E-state index contributed by atoms with van der Waals surface area (Å²) in [6, 6.07) is 13.4. The molecule has 0 aliphatic rings. The van der Waals surface area contributed by atoms with Crippen molar-refractivity contribution in [3.05, 3.63) is 54.0 Å². The molecule has 2 rings (SSSR count). The lowest BCUT2D eigenvalue weighted by Gasteiger charge is -2.14. The first-order valence-corrected chi connectivity index (χ1v) is 6.35. The van der Waals surface area contributed by atoms with Gasteiger partial charge in [-0.15, -0.1) is 0 Å². The van der Waals surface area contributed by atoms with Gasteiger partial charge < -0.3 is 19.6 Å². The molecule has 0 saturated carbocycles. The Labute approximate surface area is 113 Å². The highest BCUT2D eigenvalue weighted by atomic mass is 16.5. The molecule has 2 N–H and O–H groups in total. The van der Waals surface area contributed by atoms with Gasteiger partial charge in [-0.25, -0.2) is 0 Å². The molecule has 0 bridgehead atoms. The van der Waals surface area contributed by atoms with Crippen molar-refractivity contribution >= 4 is 0 Å². The van der Waals surface area contributed by atoms with Gasteiger partial charge in [-0.1, -0.05) is 18.2 Å². The van der Waals surface area contributed by atoms with E-state index in [0.29, 0.717) is 19.8 Å². The Hall–Kier alpha value is -1.78. The van der Waals surface area contributed by atoms with Crippen LogP contribution >= 0.6 is 0 Å². The second-order valence-corrected chi connectivity index (χ2v) is 4.21. The van der Waals surface area contributed by atoms with Crippen LogP contribution in [0.4, 0.5) is 0 Å². The van der Waals surface area contributed by atoms with Gasteiger partial charge in [0.25, 0.3) is 0 Å². The highest BCUT2D eigenvalue weighted by molar-refractivity contribution is 5.20. The van der Waals surface area contributed by atoms with E-state index in [9.17, 15) is 0 Å². The fourth-order valence-corrected chi connectivity index (χ4v) is 1.76. The third-order valence-corrected chi connectivity index (χ3v) is 2.71. The lowest BCUT2D eigenvalue weighted by atomic mass is 10.3. The smallest absolute Gasteiger partial charge is 0.134 e. The van der Waals surface area contributed by atoms with Crippen molar-refractivity contribution < 1.29 is 13.9 Å². The maximum atomic E-state index is 5.68. The van der Waals surface area contributed by atoms with Crippen molar-refractivity contribution in [3.8, 4) is 5.75 Å². The summed E-state index contributed by atoms with van der Waals surface area (Å²) >= 11 is 0. The second-order valence-electron chi connectivity index (χ2n) is 4.21. The number of furan rings is 1. The Bertz CT molecular complexity index is 481. The number of nitrogens with two attached hydrogens (primary N) is 1. The first-order valence-electron chi connectivity index (χ1n) is 6.35. The molecule has 0 saturated heterocycles. The van der Waals surface area contributed by atoms with Crippen LogP contribution in [-0.2, 0) is 4.74 Å². The summed E-state index contributed by atoms with van der Waals surface area (Å²) in [4.78, 5) is 0. The fraction of sp³-hybridized carbons (Fsp3) is 0.333. The quantitative estimate of drug-likeness (QED) is 0.778. The van der Waals surface area contributed by atoms with Gasteiger partial charge in [0.05, 0.1) is 6.61 Å². The lowest BCUT2D eigenvalue weighted by molar-refractivity contribution is 0.0253. The maximum absolute atomic E-state index is 5.68. The van der Waals surface area contributed by atoms with Crippen LogP contribution in [0, 0.1) is 6.92 Å². The van der Waals surface area contributed by atoms with Crippen molar-refractivity contribution in [1.82, 2.24) is 0 Å². The predicted molar refractivity (Wildman–Crippen MR) is 73.1 cm³/mol. The molecule has 1 aromatic heterocycles. The SMILES string of the molecule is Cc1ccc(C(CN)OCCOc2ccccc2)o1. The number of para-hydroxylation sites is 1. The lowest BCUT2D eigenvalue weighted by Crippen LogP contribution is -2.18. The summed E-state index contributed by atoms with van der Waals surface area (Å²) in [5.74, 6) is 2.46. The Morgan fingerprint density at radius 2 is 1.89 bits per heavy atom. The van der Waals surface area contributed by atoms with Crippen LogP contribution in [0.2, 0.25) is 0 Å². The second kappa shape index (κ2) is 6.97. The summed E-state index contributed by atoms with van der Waals surface area (Å²) in [7, 11) is 0. The standard InChI is InChI=1S/C15H19NO3/c1-12-7-8-14(19-12)15(11-16)18-10-9-17-13-5-3-2-4-6-13/h2-8,15H,9-11,16H2,1H3. The largest absolute Gasteiger partial charge is 0.491 e. The first kappa shape index (κ1) is 13.6. The Kier molecular flexibility index (Phi) is 5.01. The molecule has 4 nitrogen and oxygen atoms in total. The van der Waals surface area contributed by atoms with Crippen LogP contribution in [0.5, 0.6) is 5.75 Å². The van der Waals surface area contributed by atoms with Crippen LogP contribution in [0.3, 0.4) is 0 Å². The van der Waals surface area contributed by atoms with Crippen molar-refractivity contribution in [2.45, 2.75) is 13.0 Å². The van der Waals surface area contributed by atoms with Crippen molar-refractivity contribution in [3.63, 3.8) is 0 Å². The Morgan fingerprint density at radius 1 is 1.11 bits per heavy atom. The molecule has 102 valence electrons. The summed E-state index contributed by atoms with van der Waals surface area (Å²) in [6.45, 7) is 3.24. The highest BCUT2D eigenvalue weighted by Gasteiger charge is 2.13. The monoisotopic (exact) mass is 261 g/mol. The van der Waals surface area contributed by atoms with E-state index in [1.165, 1.54) is 0 Å². The minimum atomic E-state index is -0.215. The number of ether oxygens (including phenoxy) is 2. The maximum Gasteiger partial charge on any atom is 0.134 e. The van der Waals surface area contributed by atoms with Gasteiger partial charge in [-0.3, -0.25) is 0 Å². The molecule has 0 radical (unpaired) electrons. The topological polar surface area (TPSA) is 57.6 Å². The fourth-order valence-electron chi connectivity index (χ4n) is 1.76. The van der Waals surface area contributed by atoms with E-state index < -0.39 is 0 Å². The molecule has 1 atom stereocenters. The molecular weight excluding hydrogens is 242 g/mol. The molecule has 0 aliphatic heterocycles. The molecule has 0 spiro atoms. The molecule has 1 unspecified atom stereocenters. The van der Waals surface area contributed by atoms with Crippen LogP contribution in [0.25, 0.3) is 0 Å². The Balaban J connectivity index is 1.75. The van der Waals surface area contributed by atoms with Crippen LogP contribution < -0.4 is 10.5 Å². The van der Waals surface area contributed by atoms with E-state index in [1.807, 2.05) is 49.4 Å². The van der Waals surface area contributed by atoms with Gasteiger partial charge in [0.2, 0.25) is 0 Å². The summed E-state index contributed by atoms with van der Waals surface area (Å²) in [5, 5.41) is 0.